The molecule has 0 unspecified atom stereocenters. The lowest BCUT2D eigenvalue weighted by Gasteiger charge is -2.05. The molecule has 0 saturated heterocycles. The van der Waals surface area contributed by atoms with Crippen molar-refractivity contribution in [3.05, 3.63) is 59.7 Å². The molecule has 2 aromatic carbocycles. The SMILES string of the molecule is O=C(Nc1ccc2cn[nH]c2c1)c1ccc2nc(Nc3nccs3)[nH]c2c1. The number of aromatic amines is 2. The zero-order chi connectivity index (χ0) is 18.2. The molecule has 0 fully saturated rings. The number of thiazole rings is 1. The number of rotatable bonds is 4. The normalized spacial score (nSPS) is 11.1. The van der Waals surface area contributed by atoms with Crippen LogP contribution in [0.1, 0.15) is 10.4 Å². The number of anilines is 3. The Bertz CT molecular complexity index is 1260. The number of nitrogens with one attached hydrogen (secondary N) is 4. The number of aromatic nitrogens is 5. The van der Waals surface area contributed by atoms with Gasteiger partial charge in [0.15, 0.2) is 5.13 Å². The van der Waals surface area contributed by atoms with Gasteiger partial charge in [-0.1, -0.05) is 0 Å². The van der Waals surface area contributed by atoms with E-state index in [0.717, 1.165) is 27.1 Å². The smallest absolute Gasteiger partial charge is 0.255 e. The molecule has 8 nitrogen and oxygen atoms in total. The van der Waals surface area contributed by atoms with E-state index in [1.54, 1.807) is 24.5 Å². The average molecular weight is 375 g/mol. The van der Waals surface area contributed by atoms with Crippen LogP contribution in [0.4, 0.5) is 16.8 Å². The summed E-state index contributed by atoms with van der Waals surface area (Å²) in [6, 6.07) is 10.9. The van der Waals surface area contributed by atoms with Crippen molar-refractivity contribution in [2.45, 2.75) is 0 Å². The van der Waals surface area contributed by atoms with Crippen LogP contribution in [0.25, 0.3) is 21.9 Å². The van der Waals surface area contributed by atoms with Gasteiger partial charge in [-0.3, -0.25) is 9.89 Å². The first-order chi connectivity index (χ1) is 13.2. The van der Waals surface area contributed by atoms with Gasteiger partial charge in [0.1, 0.15) is 0 Å². The molecule has 5 rings (SSSR count). The number of nitrogens with zero attached hydrogens (tertiary/aromatic N) is 3. The van der Waals surface area contributed by atoms with Crippen LogP contribution >= 0.6 is 11.3 Å². The Morgan fingerprint density at radius 3 is 2.96 bits per heavy atom. The number of amides is 1. The largest absolute Gasteiger partial charge is 0.324 e. The molecule has 0 spiro atoms. The van der Waals surface area contributed by atoms with Crippen LogP contribution in [0.3, 0.4) is 0 Å². The molecule has 0 saturated carbocycles. The summed E-state index contributed by atoms with van der Waals surface area (Å²) in [4.78, 5) is 24.4. The first kappa shape index (κ1) is 15.5. The van der Waals surface area contributed by atoms with Crippen molar-refractivity contribution in [3.63, 3.8) is 0 Å². The average Bonchev–Trinajstić information content (AvgIpc) is 3.41. The third kappa shape index (κ3) is 3.00. The molecule has 5 aromatic rings. The minimum Gasteiger partial charge on any atom is -0.324 e. The van der Waals surface area contributed by atoms with E-state index in [4.69, 9.17) is 0 Å². The molecule has 0 aliphatic rings. The van der Waals surface area contributed by atoms with Gasteiger partial charge in [-0.25, -0.2) is 9.97 Å². The molecule has 1 amide bonds. The van der Waals surface area contributed by atoms with Gasteiger partial charge < -0.3 is 15.6 Å². The van der Waals surface area contributed by atoms with E-state index in [2.05, 4.69) is 35.8 Å². The maximum Gasteiger partial charge on any atom is 0.255 e. The summed E-state index contributed by atoms with van der Waals surface area (Å²) >= 11 is 1.48. The third-order valence-corrected chi connectivity index (χ3v) is 4.79. The summed E-state index contributed by atoms with van der Waals surface area (Å²) in [6.07, 6.45) is 3.46. The van der Waals surface area contributed by atoms with Gasteiger partial charge >= 0.3 is 0 Å². The first-order valence-corrected chi connectivity index (χ1v) is 9.03. The van der Waals surface area contributed by atoms with E-state index in [1.165, 1.54) is 11.3 Å². The Labute approximate surface area is 156 Å². The lowest BCUT2D eigenvalue weighted by molar-refractivity contribution is 0.102. The molecular weight excluding hydrogens is 362 g/mol. The molecule has 132 valence electrons. The fraction of sp³-hybridized carbons (Fsp3) is 0. The number of carbonyl (C=O) groups is 1. The number of fused-ring (bicyclic) bond motifs is 2. The molecule has 9 heteroatoms. The number of benzene rings is 2. The first-order valence-electron chi connectivity index (χ1n) is 8.15. The number of imidazole rings is 1. The molecule has 3 aromatic heterocycles. The van der Waals surface area contributed by atoms with Gasteiger partial charge in [0, 0.05) is 28.2 Å². The van der Waals surface area contributed by atoms with Crippen LogP contribution in [0.15, 0.2) is 54.2 Å². The van der Waals surface area contributed by atoms with Gasteiger partial charge in [0.05, 0.1) is 22.7 Å². The molecule has 4 N–H and O–H groups in total. The molecule has 0 atom stereocenters. The zero-order valence-corrected chi connectivity index (χ0v) is 14.7. The molecular formula is C18H13N7OS. The van der Waals surface area contributed by atoms with E-state index in [0.29, 0.717) is 17.2 Å². The van der Waals surface area contributed by atoms with Gasteiger partial charge in [0.25, 0.3) is 5.91 Å². The molecule has 27 heavy (non-hydrogen) atoms. The Hall–Kier alpha value is -3.72. The Morgan fingerprint density at radius 2 is 2.07 bits per heavy atom. The van der Waals surface area contributed by atoms with Crippen LogP contribution in [0, 0.1) is 0 Å². The second-order valence-electron chi connectivity index (χ2n) is 5.91. The standard InChI is InChI=1S/C18H13N7OS/c26-16(21-12-3-1-11-9-20-25-14(11)8-12)10-2-4-13-15(7-10)23-17(22-13)24-18-19-5-6-27-18/h1-9H,(H,20,25)(H,21,26)(H2,19,22,23,24). The number of carbonyl (C=O) groups excluding carboxylic acids is 1. The van der Waals surface area contributed by atoms with Crippen molar-refractivity contribution >= 4 is 55.9 Å². The van der Waals surface area contributed by atoms with Crippen LogP contribution < -0.4 is 10.6 Å². The van der Waals surface area contributed by atoms with Crippen LogP contribution in [0.5, 0.6) is 0 Å². The highest BCUT2D eigenvalue weighted by atomic mass is 32.1. The third-order valence-electron chi connectivity index (χ3n) is 4.10. The molecule has 3 heterocycles. The van der Waals surface area contributed by atoms with Gasteiger partial charge in [-0.15, -0.1) is 11.3 Å². The van der Waals surface area contributed by atoms with Crippen LogP contribution in [-0.4, -0.2) is 31.1 Å². The van der Waals surface area contributed by atoms with Crippen molar-refractivity contribution < 1.29 is 4.79 Å². The summed E-state index contributed by atoms with van der Waals surface area (Å²) in [5.74, 6) is 0.391. The highest BCUT2D eigenvalue weighted by Gasteiger charge is 2.10. The van der Waals surface area contributed by atoms with Crippen LogP contribution in [0.2, 0.25) is 0 Å². The Balaban J connectivity index is 1.39. The fourth-order valence-electron chi connectivity index (χ4n) is 2.81. The van der Waals surface area contributed by atoms with Gasteiger partial charge in [0.2, 0.25) is 5.95 Å². The maximum atomic E-state index is 12.6. The maximum absolute atomic E-state index is 12.6. The lowest BCUT2D eigenvalue weighted by atomic mass is 10.1. The minimum atomic E-state index is -0.195. The van der Waals surface area contributed by atoms with Gasteiger partial charge in [-0.2, -0.15) is 5.10 Å². The molecule has 0 bridgehead atoms. The Kier molecular flexibility index (Phi) is 3.58. The van der Waals surface area contributed by atoms with E-state index >= 15 is 0 Å². The summed E-state index contributed by atoms with van der Waals surface area (Å²) in [7, 11) is 0. The highest BCUT2D eigenvalue weighted by molar-refractivity contribution is 7.13. The molecule has 0 aliphatic heterocycles. The van der Waals surface area contributed by atoms with E-state index in [1.807, 2.05) is 29.6 Å². The molecule has 0 aliphatic carbocycles. The van der Waals surface area contributed by atoms with Crippen molar-refractivity contribution in [1.82, 2.24) is 25.1 Å². The molecule has 0 radical (unpaired) electrons. The summed E-state index contributed by atoms with van der Waals surface area (Å²) in [5.41, 5.74) is 3.65. The summed E-state index contributed by atoms with van der Waals surface area (Å²) in [5, 5.41) is 16.5. The van der Waals surface area contributed by atoms with Crippen molar-refractivity contribution in [2.24, 2.45) is 0 Å². The van der Waals surface area contributed by atoms with E-state index < -0.39 is 0 Å². The zero-order valence-electron chi connectivity index (χ0n) is 13.9. The minimum absolute atomic E-state index is 0.195. The Morgan fingerprint density at radius 1 is 1.11 bits per heavy atom. The monoisotopic (exact) mass is 375 g/mol. The number of hydrogen-bond acceptors (Lipinski definition) is 6. The topological polar surface area (TPSA) is 111 Å². The van der Waals surface area contributed by atoms with Gasteiger partial charge in [-0.05, 0) is 36.4 Å². The second-order valence-corrected chi connectivity index (χ2v) is 6.80. The second kappa shape index (κ2) is 6.22. The summed E-state index contributed by atoms with van der Waals surface area (Å²) < 4.78 is 0. The lowest BCUT2D eigenvalue weighted by Crippen LogP contribution is -2.11. The van der Waals surface area contributed by atoms with Crippen molar-refractivity contribution in [2.75, 3.05) is 10.6 Å². The van der Waals surface area contributed by atoms with Crippen molar-refractivity contribution in [3.8, 4) is 0 Å². The predicted molar refractivity (Wildman–Crippen MR) is 106 cm³/mol. The quantitative estimate of drug-likeness (QED) is 0.381. The van der Waals surface area contributed by atoms with E-state index in [9.17, 15) is 4.79 Å². The van der Waals surface area contributed by atoms with E-state index in [-0.39, 0.29) is 5.91 Å². The fourth-order valence-corrected chi connectivity index (χ4v) is 3.34. The highest BCUT2D eigenvalue weighted by Crippen LogP contribution is 2.22. The number of H-pyrrole nitrogens is 2. The predicted octanol–water partition coefficient (Wildman–Crippen LogP) is 3.89. The van der Waals surface area contributed by atoms with Crippen molar-refractivity contribution in [1.29, 1.82) is 0 Å². The summed E-state index contributed by atoms with van der Waals surface area (Å²) in [6.45, 7) is 0. The van der Waals surface area contributed by atoms with Crippen LogP contribution in [-0.2, 0) is 0 Å². The number of hydrogen-bond donors (Lipinski definition) is 4.